The fourth-order valence-electron chi connectivity index (χ4n) is 2.15. The second-order valence-electron chi connectivity index (χ2n) is 5.57. The van der Waals surface area contributed by atoms with Gasteiger partial charge in [0.05, 0.1) is 7.11 Å². The number of carbonyl (C=O) groups excluding carboxylic acids is 2. The van der Waals surface area contributed by atoms with Crippen molar-refractivity contribution < 1.29 is 19.1 Å². The van der Waals surface area contributed by atoms with Crippen LogP contribution in [0.5, 0.6) is 11.5 Å². The van der Waals surface area contributed by atoms with Gasteiger partial charge in [-0.3, -0.25) is 4.79 Å². The van der Waals surface area contributed by atoms with Gasteiger partial charge in [-0.25, -0.2) is 4.79 Å². The Hall–Kier alpha value is -2.73. The van der Waals surface area contributed by atoms with E-state index in [0.717, 1.165) is 5.56 Å². The van der Waals surface area contributed by atoms with Crippen LogP contribution < -0.4 is 20.1 Å². The van der Waals surface area contributed by atoms with E-state index >= 15 is 0 Å². The molecule has 0 spiro atoms. The quantitative estimate of drug-likeness (QED) is 0.724. The molecule has 6 nitrogen and oxygen atoms in total. The zero-order valence-electron chi connectivity index (χ0n) is 14.7. The molecule has 0 aliphatic carbocycles. The molecule has 0 bridgehead atoms. The number of amides is 2. The third kappa shape index (κ3) is 5.97. The SMILES string of the molecule is COc1ccc(C(=O)NCCCNC(=O)Oc2ccc(Cl)c(C)c2)cc1. The van der Waals surface area contributed by atoms with Gasteiger partial charge in [-0.15, -0.1) is 0 Å². The third-order valence-corrected chi connectivity index (χ3v) is 4.02. The van der Waals surface area contributed by atoms with Crippen LogP contribution in [0.2, 0.25) is 5.02 Å². The molecule has 2 N–H and O–H groups in total. The predicted octanol–water partition coefficient (Wildman–Crippen LogP) is 3.57. The van der Waals surface area contributed by atoms with Gasteiger partial charge >= 0.3 is 6.09 Å². The second kappa shape index (κ2) is 9.68. The first kappa shape index (κ1) is 19.6. The zero-order valence-corrected chi connectivity index (χ0v) is 15.4. The van der Waals surface area contributed by atoms with Gasteiger partial charge in [-0.1, -0.05) is 11.6 Å². The molecule has 0 saturated carbocycles. The Morgan fingerprint density at radius 3 is 2.31 bits per heavy atom. The molecular formula is C19H21ClN2O4. The summed E-state index contributed by atoms with van der Waals surface area (Å²) >= 11 is 5.92. The summed E-state index contributed by atoms with van der Waals surface area (Å²) in [5.41, 5.74) is 1.38. The Morgan fingerprint density at radius 1 is 1.00 bits per heavy atom. The molecule has 0 aliphatic rings. The maximum absolute atomic E-state index is 12.0. The standard InChI is InChI=1S/C19H21ClN2O4/c1-13-12-16(8-9-17(13)20)26-19(24)22-11-3-10-21-18(23)14-4-6-15(25-2)7-5-14/h4-9,12H,3,10-11H2,1-2H3,(H,21,23)(H,22,24). The van der Waals surface area contributed by atoms with Gasteiger partial charge in [-0.05, 0) is 61.4 Å². The highest BCUT2D eigenvalue weighted by Crippen LogP contribution is 2.21. The number of benzene rings is 2. The summed E-state index contributed by atoms with van der Waals surface area (Å²) in [7, 11) is 1.57. The highest BCUT2D eigenvalue weighted by molar-refractivity contribution is 6.31. The molecule has 7 heteroatoms. The van der Waals surface area contributed by atoms with Crippen molar-refractivity contribution in [3.8, 4) is 11.5 Å². The number of ether oxygens (including phenoxy) is 2. The summed E-state index contributed by atoms with van der Waals surface area (Å²) in [5.74, 6) is 0.948. The summed E-state index contributed by atoms with van der Waals surface area (Å²) in [5, 5.41) is 6.03. The van der Waals surface area contributed by atoms with Crippen molar-refractivity contribution in [2.75, 3.05) is 20.2 Å². The molecule has 0 atom stereocenters. The van der Waals surface area contributed by atoms with E-state index in [-0.39, 0.29) is 5.91 Å². The van der Waals surface area contributed by atoms with Gasteiger partial charge < -0.3 is 20.1 Å². The Bertz CT molecular complexity index is 763. The number of hydrogen-bond acceptors (Lipinski definition) is 4. The minimum Gasteiger partial charge on any atom is -0.497 e. The van der Waals surface area contributed by atoms with Gasteiger partial charge in [0, 0.05) is 23.7 Å². The topological polar surface area (TPSA) is 76.7 Å². The Morgan fingerprint density at radius 2 is 1.65 bits per heavy atom. The molecule has 0 unspecified atom stereocenters. The van der Waals surface area contributed by atoms with E-state index in [1.807, 2.05) is 6.92 Å². The first-order valence-corrected chi connectivity index (χ1v) is 8.51. The van der Waals surface area contributed by atoms with Gasteiger partial charge in [0.2, 0.25) is 0 Å². The van der Waals surface area contributed by atoms with E-state index in [1.54, 1.807) is 49.6 Å². The molecule has 2 amide bonds. The van der Waals surface area contributed by atoms with Crippen LogP contribution in [0.4, 0.5) is 4.79 Å². The van der Waals surface area contributed by atoms with Crippen LogP contribution >= 0.6 is 11.6 Å². The molecule has 0 heterocycles. The lowest BCUT2D eigenvalue weighted by atomic mass is 10.2. The van der Waals surface area contributed by atoms with E-state index < -0.39 is 6.09 Å². The van der Waals surface area contributed by atoms with Crippen LogP contribution in [0.15, 0.2) is 42.5 Å². The van der Waals surface area contributed by atoms with E-state index in [2.05, 4.69) is 10.6 Å². The molecule has 2 aromatic carbocycles. The summed E-state index contributed by atoms with van der Waals surface area (Å²) in [4.78, 5) is 23.7. The normalized spacial score (nSPS) is 10.1. The fourth-order valence-corrected chi connectivity index (χ4v) is 2.27. The van der Waals surface area contributed by atoms with Gasteiger partial charge in [0.1, 0.15) is 11.5 Å². The van der Waals surface area contributed by atoms with E-state index in [4.69, 9.17) is 21.1 Å². The van der Waals surface area contributed by atoms with Gasteiger partial charge in [0.25, 0.3) is 5.91 Å². The summed E-state index contributed by atoms with van der Waals surface area (Å²) in [6.45, 7) is 2.65. The molecule has 0 aliphatic heterocycles. The van der Waals surface area contributed by atoms with Gasteiger partial charge in [0.15, 0.2) is 0 Å². The van der Waals surface area contributed by atoms with Crippen LogP contribution in [-0.4, -0.2) is 32.2 Å². The molecule has 26 heavy (non-hydrogen) atoms. The molecular weight excluding hydrogens is 356 g/mol. The van der Waals surface area contributed by atoms with E-state index in [0.29, 0.717) is 41.6 Å². The molecule has 2 rings (SSSR count). The van der Waals surface area contributed by atoms with Crippen LogP contribution in [-0.2, 0) is 0 Å². The number of carbonyl (C=O) groups is 2. The van der Waals surface area contributed by atoms with Crippen LogP contribution in [0, 0.1) is 6.92 Å². The van der Waals surface area contributed by atoms with Crippen molar-refractivity contribution in [2.24, 2.45) is 0 Å². The molecule has 138 valence electrons. The Labute approximate surface area is 157 Å². The summed E-state index contributed by atoms with van der Waals surface area (Å²) in [6, 6.07) is 11.8. The smallest absolute Gasteiger partial charge is 0.412 e. The summed E-state index contributed by atoms with van der Waals surface area (Å²) in [6.07, 6.45) is 0.0320. The maximum Gasteiger partial charge on any atom is 0.412 e. The van der Waals surface area contributed by atoms with Crippen molar-refractivity contribution >= 4 is 23.6 Å². The highest BCUT2D eigenvalue weighted by Gasteiger charge is 2.07. The second-order valence-corrected chi connectivity index (χ2v) is 5.97. The Balaban J connectivity index is 1.65. The number of methoxy groups -OCH3 is 1. The molecule has 0 saturated heterocycles. The predicted molar refractivity (Wildman–Crippen MR) is 100 cm³/mol. The molecule has 0 radical (unpaired) electrons. The van der Waals surface area contributed by atoms with E-state index in [1.165, 1.54) is 0 Å². The van der Waals surface area contributed by atoms with Crippen LogP contribution in [0.1, 0.15) is 22.3 Å². The number of aryl methyl sites for hydroxylation is 1. The number of rotatable bonds is 7. The first-order valence-electron chi connectivity index (χ1n) is 8.13. The van der Waals surface area contributed by atoms with Crippen molar-refractivity contribution in [3.05, 3.63) is 58.6 Å². The van der Waals surface area contributed by atoms with Crippen molar-refractivity contribution in [1.29, 1.82) is 0 Å². The number of halogens is 1. The van der Waals surface area contributed by atoms with Crippen LogP contribution in [0.3, 0.4) is 0 Å². The van der Waals surface area contributed by atoms with E-state index in [9.17, 15) is 9.59 Å². The van der Waals surface area contributed by atoms with Crippen molar-refractivity contribution in [2.45, 2.75) is 13.3 Å². The molecule has 0 aromatic heterocycles. The lowest BCUT2D eigenvalue weighted by Crippen LogP contribution is -2.31. The minimum atomic E-state index is -0.548. The largest absolute Gasteiger partial charge is 0.497 e. The number of hydrogen-bond donors (Lipinski definition) is 2. The maximum atomic E-state index is 12.0. The summed E-state index contributed by atoms with van der Waals surface area (Å²) < 4.78 is 10.2. The average Bonchev–Trinajstić information content (AvgIpc) is 2.64. The third-order valence-electron chi connectivity index (χ3n) is 3.60. The zero-order chi connectivity index (χ0) is 18.9. The first-order chi connectivity index (χ1) is 12.5. The lowest BCUT2D eigenvalue weighted by Gasteiger charge is -2.09. The van der Waals surface area contributed by atoms with Crippen LogP contribution in [0.25, 0.3) is 0 Å². The minimum absolute atomic E-state index is 0.174. The lowest BCUT2D eigenvalue weighted by molar-refractivity contribution is 0.0953. The highest BCUT2D eigenvalue weighted by atomic mass is 35.5. The average molecular weight is 377 g/mol. The molecule has 2 aromatic rings. The molecule has 0 fully saturated rings. The Kier molecular flexibility index (Phi) is 7.29. The number of nitrogens with one attached hydrogen (secondary N) is 2. The van der Waals surface area contributed by atoms with Gasteiger partial charge in [-0.2, -0.15) is 0 Å². The fraction of sp³-hybridized carbons (Fsp3) is 0.263. The monoisotopic (exact) mass is 376 g/mol. The van der Waals surface area contributed by atoms with Crippen molar-refractivity contribution in [1.82, 2.24) is 10.6 Å². The van der Waals surface area contributed by atoms with Crippen molar-refractivity contribution in [3.63, 3.8) is 0 Å².